The lowest BCUT2D eigenvalue weighted by atomic mass is 10.2. The average molecular weight is 278 g/mol. The Kier molecular flexibility index (Phi) is 6.76. The molecule has 110 valence electrons. The van der Waals surface area contributed by atoms with Crippen molar-refractivity contribution in [2.75, 3.05) is 13.2 Å². The maximum atomic E-state index is 10.6. The van der Waals surface area contributed by atoms with Crippen molar-refractivity contribution >= 4 is 12.0 Å². The highest BCUT2D eigenvalue weighted by molar-refractivity contribution is 5.90. The van der Waals surface area contributed by atoms with Gasteiger partial charge in [0.15, 0.2) is 0 Å². The van der Waals surface area contributed by atoms with E-state index in [4.69, 9.17) is 10.5 Å². The fourth-order valence-corrected chi connectivity index (χ4v) is 1.48. The molecule has 5 heteroatoms. The molecular weight excluding hydrogens is 256 g/mol. The molecule has 1 amide bonds. The van der Waals surface area contributed by atoms with Crippen molar-refractivity contribution in [2.45, 2.75) is 26.0 Å². The van der Waals surface area contributed by atoms with Crippen LogP contribution in [0.5, 0.6) is 5.75 Å². The molecule has 1 aromatic carbocycles. The lowest BCUT2D eigenvalue weighted by Gasteiger charge is -2.15. The Morgan fingerprint density at radius 2 is 2.05 bits per heavy atom. The van der Waals surface area contributed by atoms with Crippen molar-refractivity contribution in [3.63, 3.8) is 0 Å². The minimum Gasteiger partial charge on any atom is -0.491 e. The molecule has 1 rings (SSSR count). The number of primary amides is 1. The molecule has 5 nitrogen and oxygen atoms in total. The molecule has 0 fully saturated rings. The van der Waals surface area contributed by atoms with Crippen molar-refractivity contribution in [1.82, 2.24) is 5.32 Å². The van der Waals surface area contributed by atoms with E-state index in [1.54, 1.807) is 18.2 Å². The minimum absolute atomic E-state index is 0.232. The van der Waals surface area contributed by atoms with Crippen LogP contribution in [0.25, 0.3) is 6.08 Å². The summed E-state index contributed by atoms with van der Waals surface area (Å²) in [6, 6.07) is 7.52. The number of aliphatic hydroxyl groups is 1. The van der Waals surface area contributed by atoms with Crippen molar-refractivity contribution < 1.29 is 14.6 Å². The first-order valence-electron chi connectivity index (χ1n) is 6.59. The zero-order valence-corrected chi connectivity index (χ0v) is 11.9. The summed E-state index contributed by atoms with van der Waals surface area (Å²) in [6.45, 7) is 4.77. The summed E-state index contributed by atoms with van der Waals surface area (Å²) in [4.78, 5) is 10.6. The number of aliphatic hydroxyl groups excluding tert-OH is 1. The van der Waals surface area contributed by atoms with E-state index in [1.807, 2.05) is 26.0 Å². The fraction of sp³-hybridized carbons (Fsp3) is 0.400. The van der Waals surface area contributed by atoms with Gasteiger partial charge in [0, 0.05) is 18.7 Å². The highest BCUT2D eigenvalue weighted by atomic mass is 16.5. The van der Waals surface area contributed by atoms with Crippen molar-refractivity contribution in [2.24, 2.45) is 5.73 Å². The van der Waals surface area contributed by atoms with Crippen LogP contribution in [-0.2, 0) is 4.79 Å². The van der Waals surface area contributed by atoms with Crippen LogP contribution in [0.4, 0.5) is 0 Å². The Labute approximate surface area is 119 Å². The zero-order chi connectivity index (χ0) is 15.0. The van der Waals surface area contributed by atoms with Gasteiger partial charge in [0.2, 0.25) is 5.91 Å². The predicted octanol–water partition coefficient (Wildman–Crippen LogP) is 0.923. The quantitative estimate of drug-likeness (QED) is 0.617. The molecule has 0 aliphatic rings. The monoisotopic (exact) mass is 278 g/mol. The maximum absolute atomic E-state index is 10.6. The Morgan fingerprint density at radius 3 is 2.60 bits per heavy atom. The van der Waals surface area contributed by atoms with E-state index >= 15 is 0 Å². The van der Waals surface area contributed by atoms with E-state index in [9.17, 15) is 9.90 Å². The van der Waals surface area contributed by atoms with Gasteiger partial charge < -0.3 is 20.9 Å². The van der Waals surface area contributed by atoms with Gasteiger partial charge in [0.1, 0.15) is 18.5 Å². The summed E-state index contributed by atoms with van der Waals surface area (Å²) in [5, 5.41) is 12.8. The molecule has 20 heavy (non-hydrogen) atoms. The van der Waals surface area contributed by atoms with Crippen molar-refractivity contribution in [3.8, 4) is 5.75 Å². The summed E-state index contributed by atoms with van der Waals surface area (Å²) in [7, 11) is 0. The molecule has 0 aliphatic heterocycles. The first-order chi connectivity index (χ1) is 9.47. The first kappa shape index (κ1) is 16.2. The summed E-state index contributed by atoms with van der Waals surface area (Å²) in [5.74, 6) is 0.191. The molecule has 0 spiro atoms. The topological polar surface area (TPSA) is 84.6 Å². The smallest absolute Gasteiger partial charge is 0.241 e. The zero-order valence-electron chi connectivity index (χ0n) is 11.9. The van der Waals surface area contributed by atoms with Gasteiger partial charge in [-0.2, -0.15) is 0 Å². The van der Waals surface area contributed by atoms with E-state index in [0.717, 1.165) is 5.56 Å². The molecule has 4 N–H and O–H groups in total. The average Bonchev–Trinajstić information content (AvgIpc) is 2.41. The van der Waals surface area contributed by atoms with Gasteiger partial charge in [0.25, 0.3) is 0 Å². The number of rotatable bonds is 8. The van der Waals surface area contributed by atoms with Gasteiger partial charge in [0.05, 0.1) is 0 Å². The number of hydrogen-bond acceptors (Lipinski definition) is 4. The molecule has 0 aromatic heterocycles. The van der Waals surface area contributed by atoms with Gasteiger partial charge in [-0.15, -0.1) is 0 Å². The van der Waals surface area contributed by atoms with Gasteiger partial charge in [-0.05, 0) is 23.8 Å². The summed E-state index contributed by atoms with van der Waals surface area (Å²) >= 11 is 0. The van der Waals surface area contributed by atoms with E-state index in [1.165, 1.54) is 6.08 Å². The van der Waals surface area contributed by atoms with E-state index < -0.39 is 12.0 Å². The number of hydrogen-bond donors (Lipinski definition) is 3. The van der Waals surface area contributed by atoms with Gasteiger partial charge in [-0.1, -0.05) is 26.0 Å². The van der Waals surface area contributed by atoms with Crippen molar-refractivity contribution in [3.05, 3.63) is 35.9 Å². The third-order valence-electron chi connectivity index (χ3n) is 2.52. The molecule has 0 bridgehead atoms. The van der Waals surface area contributed by atoms with Crippen LogP contribution in [0.15, 0.2) is 30.3 Å². The van der Waals surface area contributed by atoms with Crippen LogP contribution >= 0.6 is 0 Å². The largest absolute Gasteiger partial charge is 0.491 e. The Bertz CT molecular complexity index is 441. The number of nitrogens with two attached hydrogens (primary N) is 1. The SMILES string of the molecule is CC(C)NCC(O)COc1ccc(C=CC(N)=O)cc1. The molecule has 1 atom stereocenters. The number of amides is 1. The summed E-state index contributed by atoms with van der Waals surface area (Å²) in [6.07, 6.45) is 2.39. The maximum Gasteiger partial charge on any atom is 0.241 e. The second-order valence-electron chi connectivity index (χ2n) is 4.83. The number of carbonyl (C=O) groups excluding carboxylic acids is 1. The van der Waals surface area contributed by atoms with Gasteiger partial charge >= 0.3 is 0 Å². The van der Waals surface area contributed by atoms with Crippen LogP contribution < -0.4 is 15.8 Å². The molecule has 0 heterocycles. The third-order valence-corrected chi connectivity index (χ3v) is 2.52. The van der Waals surface area contributed by atoms with Crippen molar-refractivity contribution in [1.29, 1.82) is 0 Å². The van der Waals surface area contributed by atoms with E-state index in [2.05, 4.69) is 5.32 Å². The van der Waals surface area contributed by atoms with Crippen LogP contribution in [0, 0.1) is 0 Å². The molecule has 0 saturated heterocycles. The lowest BCUT2D eigenvalue weighted by Crippen LogP contribution is -2.35. The highest BCUT2D eigenvalue weighted by Crippen LogP contribution is 2.13. The summed E-state index contributed by atoms with van der Waals surface area (Å²) < 4.78 is 5.47. The normalized spacial score (nSPS) is 12.8. The molecule has 0 radical (unpaired) electrons. The lowest BCUT2D eigenvalue weighted by molar-refractivity contribution is -0.113. The molecular formula is C15H22N2O3. The van der Waals surface area contributed by atoms with E-state index in [-0.39, 0.29) is 6.61 Å². The number of nitrogens with one attached hydrogen (secondary N) is 1. The van der Waals surface area contributed by atoms with Crippen LogP contribution in [0.2, 0.25) is 0 Å². The van der Waals surface area contributed by atoms with Crippen LogP contribution in [0.3, 0.4) is 0 Å². The van der Waals surface area contributed by atoms with Gasteiger partial charge in [-0.25, -0.2) is 0 Å². The fourth-order valence-electron chi connectivity index (χ4n) is 1.48. The highest BCUT2D eigenvalue weighted by Gasteiger charge is 2.05. The molecule has 0 aliphatic carbocycles. The minimum atomic E-state index is -0.549. The third kappa shape index (κ3) is 6.92. The van der Waals surface area contributed by atoms with E-state index in [0.29, 0.717) is 18.3 Å². The standard InChI is InChI=1S/C15H22N2O3/c1-11(2)17-9-13(18)10-20-14-6-3-12(4-7-14)5-8-15(16)19/h3-8,11,13,17-18H,9-10H2,1-2H3,(H2,16,19). The molecule has 1 unspecified atom stereocenters. The van der Waals surface area contributed by atoms with Gasteiger partial charge in [-0.3, -0.25) is 4.79 Å². The molecule has 0 saturated carbocycles. The van der Waals surface area contributed by atoms with Crippen LogP contribution in [0.1, 0.15) is 19.4 Å². The predicted molar refractivity (Wildman–Crippen MR) is 79.3 cm³/mol. The Balaban J connectivity index is 2.39. The summed E-state index contributed by atoms with van der Waals surface area (Å²) in [5.41, 5.74) is 5.88. The Hall–Kier alpha value is -1.85. The second-order valence-corrected chi connectivity index (χ2v) is 4.83. The number of carbonyl (C=O) groups is 1. The first-order valence-corrected chi connectivity index (χ1v) is 6.59. The van der Waals surface area contributed by atoms with Crippen LogP contribution in [-0.4, -0.2) is 36.3 Å². The number of benzene rings is 1. The molecule has 1 aromatic rings. The second kappa shape index (κ2) is 8.35. The Morgan fingerprint density at radius 1 is 1.40 bits per heavy atom. The number of ether oxygens (including phenoxy) is 1.